The molecule has 0 spiro atoms. The van der Waals surface area contributed by atoms with Crippen LogP contribution in [0.1, 0.15) is 11.1 Å². The number of carbonyl (C=O) groups excluding carboxylic acids is 1. The number of aryl methyl sites for hydroxylation is 2. The van der Waals surface area contributed by atoms with Crippen LogP contribution in [0.5, 0.6) is 5.75 Å². The Kier molecular flexibility index (Phi) is 4.42. The van der Waals surface area contributed by atoms with Gasteiger partial charge in [-0.2, -0.15) is 13.1 Å². The second-order valence-corrected chi connectivity index (χ2v) is 5.16. The van der Waals surface area contributed by atoms with Crippen molar-refractivity contribution in [3.8, 4) is 5.75 Å². The minimum absolute atomic E-state index is 0.0609. The number of methoxy groups -OCH3 is 1. The summed E-state index contributed by atoms with van der Waals surface area (Å²) in [5, 5.41) is 0.528. The van der Waals surface area contributed by atoms with Gasteiger partial charge in [0.2, 0.25) is 0 Å². The van der Waals surface area contributed by atoms with Crippen LogP contribution in [0, 0.1) is 13.8 Å². The second-order valence-electron chi connectivity index (χ2n) is 3.50. The minimum atomic E-state index is -4.26. The number of hydrogen-bond acceptors (Lipinski definition) is 5. The Labute approximate surface area is 110 Å². The summed E-state index contributed by atoms with van der Waals surface area (Å²) in [4.78, 5) is 10.8. The number of hydrogen-bond donors (Lipinski definition) is 1. The normalized spacial score (nSPS) is 10.9. The van der Waals surface area contributed by atoms with Crippen LogP contribution in [0.4, 0.5) is 4.79 Å². The van der Waals surface area contributed by atoms with E-state index < -0.39 is 16.4 Å². The molecule has 8 heteroatoms. The fourth-order valence-electron chi connectivity index (χ4n) is 1.25. The van der Waals surface area contributed by atoms with E-state index in [-0.39, 0.29) is 5.75 Å². The molecular weight excluding hydrogens is 282 g/mol. The number of amides is 1. The van der Waals surface area contributed by atoms with Crippen molar-refractivity contribution in [2.45, 2.75) is 13.8 Å². The van der Waals surface area contributed by atoms with E-state index in [0.717, 1.165) is 7.11 Å². The molecule has 100 valence electrons. The van der Waals surface area contributed by atoms with Crippen molar-refractivity contribution in [1.82, 2.24) is 4.72 Å². The largest absolute Gasteiger partial charge is 0.452 e. The van der Waals surface area contributed by atoms with Gasteiger partial charge in [0.1, 0.15) is 5.75 Å². The summed E-state index contributed by atoms with van der Waals surface area (Å²) in [6.45, 7) is 3.42. The lowest BCUT2D eigenvalue weighted by Crippen LogP contribution is -2.33. The standard InChI is InChI=1S/C10H12ClNO5S/c1-6-4-8(5-7(2)9(6)11)17-18(14,15)12-10(13)16-3/h4-5H,1-3H3,(H,12,13). The first-order valence-corrected chi connectivity index (χ1v) is 6.60. The third kappa shape index (κ3) is 3.78. The van der Waals surface area contributed by atoms with Crippen molar-refractivity contribution in [2.75, 3.05) is 7.11 Å². The predicted molar refractivity (Wildman–Crippen MR) is 66.0 cm³/mol. The van der Waals surface area contributed by atoms with Gasteiger partial charge in [0.25, 0.3) is 0 Å². The Morgan fingerprint density at radius 1 is 1.28 bits per heavy atom. The van der Waals surface area contributed by atoms with Crippen LogP contribution in [0.25, 0.3) is 0 Å². The van der Waals surface area contributed by atoms with Gasteiger partial charge in [-0.3, -0.25) is 0 Å². The zero-order valence-electron chi connectivity index (χ0n) is 9.98. The maximum Gasteiger partial charge on any atom is 0.423 e. The van der Waals surface area contributed by atoms with Gasteiger partial charge < -0.3 is 8.92 Å². The average molecular weight is 294 g/mol. The molecule has 1 N–H and O–H groups in total. The van der Waals surface area contributed by atoms with Gasteiger partial charge in [-0.1, -0.05) is 11.6 Å². The van der Waals surface area contributed by atoms with E-state index in [2.05, 4.69) is 4.74 Å². The highest BCUT2D eigenvalue weighted by Crippen LogP contribution is 2.26. The molecule has 18 heavy (non-hydrogen) atoms. The zero-order chi connectivity index (χ0) is 13.9. The van der Waals surface area contributed by atoms with Gasteiger partial charge >= 0.3 is 16.4 Å². The van der Waals surface area contributed by atoms with Crippen LogP contribution in [0.15, 0.2) is 12.1 Å². The number of carbonyl (C=O) groups is 1. The van der Waals surface area contributed by atoms with Gasteiger partial charge in [-0.25, -0.2) is 4.79 Å². The first-order valence-electron chi connectivity index (χ1n) is 4.82. The van der Waals surface area contributed by atoms with Crippen LogP contribution >= 0.6 is 11.6 Å². The molecule has 0 radical (unpaired) electrons. The van der Waals surface area contributed by atoms with E-state index in [1.54, 1.807) is 18.6 Å². The number of nitrogens with one attached hydrogen (secondary N) is 1. The summed E-state index contributed by atoms with van der Waals surface area (Å²) in [6, 6.07) is 2.90. The van der Waals surface area contributed by atoms with Crippen molar-refractivity contribution >= 4 is 28.0 Å². The lowest BCUT2D eigenvalue weighted by molar-refractivity contribution is 0.177. The highest BCUT2D eigenvalue weighted by atomic mass is 35.5. The summed E-state index contributed by atoms with van der Waals surface area (Å²) < 4.78 is 33.2. The average Bonchev–Trinajstić information content (AvgIpc) is 2.24. The van der Waals surface area contributed by atoms with Crippen LogP contribution in [0.2, 0.25) is 5.02 Å². The highest BCUT2D eigenvalue weighted by Gasteiger charge is 2.17. The summed E-state index contributed by atoms with van der Waals surface area (Å²) in [5.74, 6) is 0.0609. The van der Waals surface area contributed by atoms with E-state index in [1.807, 2.05) is 0 Å². The van der Waals surface area contributed by atoms with E-state index in [9.17, 15) is 13.2 Å². The highest BCUT2D eigenvalue weighted by molar-refractivity contribution is 7.85. The lowest BCUT2D eigenvalue weighted by Gasteiger charge is -2.10. The maximum atomic E-state index is 11.4. The fourth-order valence-corrected chi connectivity index (χ4v) is 2.03. The molecule has 6 nitrogen and oxygen atoms in total. The molecule has 0 aliphatic heterocycles. The SMILES string of the molecule is COC(=O)NS(=O)(=O)Oc1cc(C)c(Cl)c(C)c1. The Morgan fingerprint density at radius 2 is 1.78 bits per heavy atom. The topological polar surface area (TPSA) is 81.7 Å². The van der Waals surface area contributed by atoms with Crippen LogP contribution in [-0.2, 0) is 15.0 Å². The molecule has 0 bridgehead atoms. The second kappa shape index (κ2) is 5.45. The van der Waals surface area contributed by atoms with Gasteiger partial charge in [-0.05, 0) is 37.1 Å². The van der Waals surface area contributed by atoms with Gasteiger partial charge in [0.15, 0.2) is 0 Å². The van der Waals surface area contributed by atoms with Crippen molar-refractivity contribution in [2.24, 2.45) is 0 Å². The number of ether oxygens (including phenoxy) is 1. The van der Waals surface area contributed by atoms with E-state index in [0.29, 0.717) is 16.1 Å². The summed E-state index contributed by atoms with van der Waals surface area (Å²) in [5.41, 5.74) is 1.33. The number of benzene rings is 1. The molecule has 0 unspecified atom stereocenters. The van der Waals surface area contributed by atoms with E-state index >= 15 is 0 Å². The molecule has 0 aliphatic carbocycles. The third-order valence-corrected chi connectivity index (χ3v) is 3.43. The zero-order valence-corrected chi connectivity index (χ0v) is 11.6. The fraction of sp³-hybridized carbons (Fsp3) is 0.300. The summed E-state index contributed by atoms with van der Waals surface area (Å²) in [7, 11) is -3.22. The molecule has 0 atom stereocenters. The molecule has 1 aromatic rings. The summed E-state index contributed by atoms with van der Waals surface area (Å²) >= 11 is 5.93. The molecule has 0 aliphatic rings. The first kappa shape index (κ1) is 14.6. The quantitative estimate of drug-likeness (QED) is 0.921. The van der Waals surface area contributed by atoms with Crippen molar-refractivity contribution in [3.63, 3.8) is 0 Å². The van der Waals surface area contributed by atoms with Gasteiger partial charge in [0.05, 0.1) is 7.11 Å². The molecular formula is C10H12ClNO5S. The van der Waals surface area contributed by atoms with E-state index in [4.69, 9.17) is 15.8 Å². The minimum Gasteiger partial charge on any atom is -0.452 e. The Morgan fingerprint density at radius 3 is 2.22 bits per heavy atom. The van der Waals surface area contributed by atoms with Gasteiger partial charge in [-0.15, -0.1) is 0 Å². The van der Waals surface area contributed by atoms with Crippen molar-refractivity contribution in [3.05, 3.63) is 28.3 Å². The number of halogens is 1. The Hall–Kier alpha value is -1.47. The summed E-state index contributed by atoms with van der Waals surface area (Å²) in [6.07, 6.45) is -1.13. The Bertz CT molecular complexity index is 547. The molecule has 0 saturated heterocycles. The molecule has 0 fully saturated rings. The molecule has 0 aromatic heterocycles. The molecule has 1 aromatic carbocycles. The Balaban J connectivity index is 2.95. The van der Waals surface area contributed by atoms with Crippen LogP contribution in [-0.4, -0.2) is 21.6 Å². The van der Waals surface area contributed by atoms with Crippen LogP contribution in [0.3, 0.4) is 0 Å². The molecule has 0 heterocycles. The molecule has 0 saturated carbocycles. The molecule has 1 amide bonds. The van der Waals surface area contributed by atoms with Crippen molar-refractivity contribution in [1.29, 1.82) is 0 Å². The maximum absolute atomic E-state index is 11.4. The lowest BCUT2D eigenvalue weighted by atomic mass is 10.1. The van der Waals surface area contributed by atoms with Crippen LogP contribution < -0.4 is 8.91 Å². The van der Waals surface area contributed by atoms with Gasteiger partial charge in [0, 0.05) is 5.02 Å². The molecule has 1 rings (SSSR count). The number of rotatable bonds is 3. The monoisotopic (exact) mass is 293 g/mol. The van der Waals surface area contributed by atoms with Crippen molar-refractivity contribution < 1.29 is 22.1 Å². The first-order chi connectivity index (χ1) is 8.25. The smallest absolute Gasteiger partial charge is 0.423 e. The predicted octanol–water partition coefficient (Wildman–Crippen LogP) is 1.94. The third-order valence-electron chi connectivity index (χ3n) is 2.01. The van der Waals surface area contributed by atoms with E-state index in [1.165, 1.54) is 12.1 Å².